The average Bonchev–Trinajstić information content (AvgIpc) is 3.39. The van der Waals surface area contributed by atoms with Gasteiger partial charge in [0.2, 0.25) is 5.91 Å². The summed E-state index contributed by atoms with van der Waals surface area (Å²) in [4.78, 5) is 13.1. The molecule has 0 spiro atoms. The Hall–Kier alpha value is -1.33. The van der Waals surface area contributed by atoms with Gasteiger partial charge in [0.25, 0.3) is 0 Å². The van der Waals surface area contributed by atoms with Gasteiger partial charge in [0, 0.05) is 6.42 Å². The number of allylic oxidation sites excluding steroid dienone is 3. The van der Waals surface area contributed by atoms with Gasteiger partial charge >= 0.3 is 0 Å². The van der Waals surface area contributed by atoms with Crippen LogP contribution in [0.2, 0.25) is 0 Å². The fourth-order valence-corrected chi connectivity index (χ4v) is 10.4. The van der Waals surface area contributed by atoms with Crippen molar-refractivity contribution in [3.63, 3.8) is 0 Å². The monoisotopic (exact) mass is 1030 g/mol. The smallest absolute Gasteiger partial charge is 0.220 e. The van der Waals surface area contributed by atoms with E-state index >= 15 is 0 Å². The summed E-state index contributed by atoms with van der Waals surface area (Å²) >= 11 is 0. The lowest BCUT2D eigenvalue weighted by Gasteiger charge is -2.40. The summed E-state index contributed by atoms with van der Waals surface area (Å²) in [5.74, 6) is -0.170. The molecule has 0 bridgehead atoms. The summed E-state index contributed by atoms with van der Waals surface area (Å²) in [6.45, 7) is 3.83. The molecule has 1 rings (SSSR count). The van der Waals surface area contributed by atoms with E-state index < -0.39 is 49.5 Å². The van der Waals surface area contributed by atoms with Crippen LogP contribution >= 0.6 is 0 Å². The Balaban J connectivity index is 2.17. The molecule has 1 aliphatic heterocycles. The summed E-state index contributed by atoms with van der Waals surface area (Å²) in [6.07, 6.45) is 62.6. The third-order valence-corrected chi connectivity index (χ3v) is 15.5. The van der Waals surface area contributed by atoms with E-state index in [1.165, 1.54) is 263 Å². The standard InChI is InChI=1S/C64H123NO8/c1-3-5-7-9-11-13-15-17-19-21-23-25-27-28-29-30-32-34-36-38-40-42-44-46-48-50-52-54-60(68)65-57(56-72-64-63(71)62(70)61(69)59(55-66)73-64)58(67)53-51-49-47-45-43-41-39-37-35-33-31-26-24-22-20-18-16-14-12-10-8-6-4-2/h21,23,51,53,57-59,61-64,66-67,69-71H,3-20,22,24-50,52,54-56H2,1-2H3,(H,65,68)/b23-21-,53-51+. The van der Waals surface area contributed by atoms with Crippen molar-refractivity contribution in [1.82, 2.24) is 5.32 Å². The summed E-state index contributed by atoms with van der Waals surface area (Å²) in [5, 5.41) is 54.7. The highest BCUT2D eigenvalue weighted by Crippen LogP contribution is 2.23. The number of rotatable bonds is 56. The number of unbranched alkanes of at least 4 members (excludes halogenated alkanes) is 44. The Morgan fingerprint density at radius 2 is 0.767 bits per heavy atom. The highest BCUT2D eigenvalue weighted by molar-refractivity contribution is 5.76. The van der Waals surface area contributed by atoms with E-state index in [4.69, 9.17) is 9.47 Å². The zero-order valence-electron chi connectivity index (χ0n) is 48.2. The van der Waals surface area contributed by atoms with Crippen LogP contribution in [0.5, 0.6) is 0 Å². The molecule has 1 heterocycles. The first-order chi connectivity index (χ1) is 35.8. The van der Waals surface area contributed by atoms with Crippen molar-refractivity contribution in [2.24, 2.45) is 0 Å². The van der Waals surface area contributed by atoms with Crippen molar-refractivity contribution in [2.75, 3.05) is 13.2 Å². The molecule has 6 N–H and O–H groups in total. The van der Waals surface area contributed by atoms with Gasteiger partial charge in [0.15, 0.2) is 6.29 Å². The number of carbonyl (C=O) groups excluding carboxylic acids is 1. The molecule has 0 saturated carbocycles. The number of carbonyl (C=O) groups is 1. The number of aliphatic hydroxyl groups is 5. The number of aliphatic hydroxyl groups excluding tert-OH is 5. The minimum atomic E-state index is -1.57. The maximum absolute atomic E-state index is 13.1. The van der Waals surface area contributed by atoms with Gasteiger partial charge in [-0.25, -0.2) is 0 Å². The molecule has 0 aromatic rings. The number of hydrogen-bond acceptors (Lipinski definition) is 8. The molecule has 1 saturated heterocycles. The van der Waals surface area contributed by atoms with E-state index in [0.717, 1.165) is 38.5 Å². The van der Waals surface area contributed by atoms with Crippen molar-refractivity contribution < 1.29 is 39.8 Å². The van der Waals surface area contributed by atoms with E-state index in [-0.39, 0.29) is 12.5 Å². The molecular formula is C64H123NO8. The second-order valence-corrected chi connectivity index (χ2v) is 22.6. The lowest BCUT2D eigenvalue weighted by atomic mass is 9.99. The lowest BCUT2D eigenvalue weighted by Crippen LogP contribution is -2.60. The molecule has 1 fully saturated rings. The summed E-state index contributed by atoms with van der Waals surface area (Å²) in [5.41, 5.74) is 0. The average molecular weight is 1030 g/mol. The predicted molar refractivity (Wildman–Crippen MR) is 309 cm³/mol. The van der Waals surface area contributed by atoms with Gasteiger partial charge in [0.1, 0.15) is 24.4 Å². The molecule has 9 nitrogen and oxygen atoms in total. The maximum atomic E-state index is 13.1. The van der Waals surface area contributed by atoms with Crippen molar-refractivity contribution in [3.05, 3.63) is 24.3 Å². The Morgan fingerprint density at radius 3 is 1.11 bits per heavy atom. The normalized spacial score (nSPS) is 19.1. The number of ether oxygens (including phenoxy) is 2. The van der Waals surface area contributed by atoms with Crippen LogP contribution in [-0.4, -0.2) is 87.5 Å². The molecular weight excluding hydrogens is 911 g/mol. The Bertz CT molecular complexity index is 1200. The van der Waals surface area contributed by atoms with Crippen LogP contribution in [0.25, 0.3) is 0 Å². The van der Waals surface area contributed by atoms with E-state index in [9.17, 15) is 30.3 Å². The Kier molecular flexibility index (Phi) is 51.6. The second kappa shape index (κ2) is 54.0. The van der Waals surface area contributed by atoms with Gasteiger partial charge in [0.05, 0.1) is 25.4 Å². The van der Waals surface area contributed by atoms with E-state index in [2.05, 4.69) is 31.3 Å². The number of amides is 1. The van der Waals surface area contributed by atoms with Crippen LogP contribution in [0.3, 0.4) is 0 Å². The number of nitrogens with one attached hydrogen (secondary N) is 1. The van der Waals surface area contributed by atoms with Crippen LogP contribution in [-0.2, 0) is 14.3 Å². The fourth-order valence-electron chi connectivity index (χ4n) is 10.4. The fraction of sp³-hybridized carbons (Fsp3) is 0.922. The van der Waals surface area contributed by atoms with Gasteiger partial charge in [-0.2, -0.15) is 0 Å². The molecule has 432 valence electrons. The van der Waals surface area contributed by atoms with Crippen molar-refractivity contribution >= 4 is 5.91 Å². The largest absolute Gasteiger partial charge is 0.394 e. The van der Waals surface area contributed by atoms with E-state index in [1.54, 1.807) is 6.08 Å². The molecule has 7 atom stereocenters. The molecule has 7 unspecified atom stereocenters. The molecule has 9 heteroatoms. The Morgan fingerprint density at radius 1 is 0.452 bits per heavy atom. The molecule has 1 aliphatic rings. The summed E-state index contributed by atoms with van der Waals surface area (Å²) < 4.78 is 11.3. The third kappa shape index (κ3) is 43.4. The SMILES string of the molecule is CCCCCCCCCC/C=C\CCCCCCCCCCCCCCCCCC(=O)NC(COC1OC(CO)C(O)C(O)C1O)C(O)/C=C/CCCCCCCCCCCCCCCCCCCCCCC. The Labute approximate surface area is 451 Å². The highest BCUT2D eigenvalue weighted by atomic mass is 16.7. The van der Waals surface area contributed by atoms with Crippen LogP contribution in [0.15, 0.2) is 24.3 Å². The van der Waals surface area contributed by atoms with Crippen LogP contribution in [0, 0.1) is 0 Å². The molecule has 0 aliphatic carbocycles. The topological polar surface area (TPSA) is 149 Å². The number of hydrogen-bond donors (Lipinski definition) is 6. The van der Waals surface area contributed by atoms with E-state index in [1.807, 2.05) is 6.08 Å². The van der Waals surface area contributed by atoms with Crippen molar-refractivity contribution in [2.45, 2.75) is 365 Å². The zero-order valence-corrected chi connectivity index (χ0v) is 48.2. The first kappa shape index (κ1) is 69.7. The van der Waals surface area contributed by atoms with Crippen LogP contribution in [0.1, 0.15) is 322 Å². The molecule has 0 aromatic carbocycles. The summed E-state index contributed by atoms with van der Waals surface area (Å²) in [7, 11) is 0. The maximum Gasteiger partial charge on any atom is 0.220 e. The predicted octanol–water partition coefficient (Wildman–Crippen LogP) is 16.5. The van der Waals surface area contributed by atoms with Crippen molar-refractivity contribution in [3.8, 4) is 0 Å². The van der Waals surface area contributed by atoms with Gasteiger partial charge in [-0.15, -0.1) is 0 Å². The molecule has 1 amide bonds. The second-order valence-electron chi connectivity index (χ2n) is 22.6. The van der Waals surface area contributed by atoms with Gasteiger partial charge in [-0.3, -0.25) is 4.79 Å². The van der Waals surface area contributed by atoms with E-state index in [0.29, 0.717) is 6.42 Å². The van der Waals surface area contributed by atoms with Crippen LogP contribution in [0.4, 0.5) is 0 Å². The van der Waals surface area contributed by atoms with Gasteiger partial charge < -0.3 is 40.3 Å². The third-order valence-electron chi connectivity index (χ3n) is 15.5. The minimum absolute atomic E-state index is 0.170. The first-order valence-electron chi connectivity index (χ1n) is 32.1. The molecule has 0 radical (unpaired) electrons. The van der Waals surface area contributed by atoms with Crippen molar-refractivity contribution in [1.29, 1.82) is 0 Å². The van der Waals surface area contributed by atoms with Gasteiger partial charge in [-0.1, -0.05) is 295 Å². The minimum Gasteiger partial charge on any atom is -0.394 e. The zero-order chi connectivity index (χ0) is 52.9. The summed E-state index contributed by atoms with van der Waals surface area (Å²) in [6, 6.07) is -0.803. The first-order valence-corrected chi connectivity index (χ1v) is 32.1. The quantitative estimate of drug-likeness (QED) is 0.0261. The molecule has 0 aromatic heterocycles. The van der Waals surface area contributed by atoms with Crippen LogP contribution < -0.4 is 5.32 Å². The molecule has 73 heavy (non-hydrogen) atoms. The lowest BCUT2D eigenvalue weighted by molar-refractivity contribution is -0.302. The van der Waals surface area contributed by atoms with Gasteiger partial charge in [-0.05, 0) is 44.9 Å². The highest BCUT2D eigenvalue weighted by Gasteiger charge is 2.44.